The lowest BCUT2D eigenvalue weighted by Crippen LogP contribution is -2.50. The van der Waals surface area contributed by atoms with Gasteiger partial charge in [-0.3, -0.25) is 9.78 Å². The van der Waals surface area contributed by atoms with E-state index in [1.165, 1.54) is 12.8 Å². The molecule has 142 valence electrons. The summed E-state index contributed by atoms with van der Waals surface area (Å²) in [4.78, 5) is 34.7. The van der Waals surface area contributed by atoms with Crippen molar-refractivity contribution >= 4 is 17.7 Å². The molecule has 1 aromatic rings. The van der Waals surface area contributed by atoms with Gasteiger partial charge in [-0.25, -0.2) is 4.79 Å². The summed E-state index contributed by atoms with van der Waals surface area (Å²) in [6, 6.07) is 1.95. The van der Waals surface area contributed by atoms with Crippen LogP contribution in [0.3, 0.4) is 0 Å². The summed E-state index contributed by atoms with van der Waals surface area (Å²) in [6.45, 7) is 8.48. The zero-order valence-corrected chi connectivity index (χ0v) is 15.7. The van der Waals surface area contributed by atoms with Crippen LogP contribution in [0.25, 0.3) is 0 Å². The number of hydrogen-bond donors (Lipinski definition) is 0. The molecule has 3 heterocycles. The van der Waals surface area contributed by atoms with Crippen LogP contribution < -0.4 is 4.90 Å². The summed E-state index contributed by atoms with van der Waals surface area (Å²) in [5, 5.41) is 0. The van der Waals surface area contributed by atoms with Crippen LogP contribution in [-0.4, -0.2) is 72.7 Å². The molecule has 2 saturated heterocycles. The van der Waals surface area contributed by atoms with Gasteiger partial charge in [-0.05, 0) is 31.7 Å². The van der Waals surface area contributed by atoms with Crippen molar-refractivity contribution in [1.29, 1.82) is 0 Å². The maximum Gasteiger partial charge on any atom is 0.409 e. The Morgan fingerprint density at radius 3 is 2.58 bits per heavy atom. The highest BCUT2D eigenvalue weighted by molar-refractivity contribution is 5.95. The van der Waals surface area contributed by atoms with Gasteiger partial charge in [0.15, 0.2) is 0 Å². The highest BCUT2D eigenvalue weighted by Gasteiger charge is 2.26. The van der Waals surface area contributed by atoms with Crippen LogP contribution in [0, 0.1) is 5.92 Å². The number of nitrogens with zero attached hydrogens (tertiary/aromatic N) is 4. The second-order valence-electron chi connectivity index (χ2n) is 7.10. The van der Waals surface area contributed by atoms with Gasteiger partial charge in [-0.1, -0.05) is 6.92 Å². The fourth-order valence-electron chi connectivity index (χ4n) is 3.63. The van der Waals surface area contributed by atoms with Gasteiger partial charge in [0.05, 0.1) is 24.1 Å². The first-order valence-electron chi connectivity index (χ1n) is 9.49. The molecule has 7 nitrogen and oxygen atoms in total. The lowest BCUT2D eigenvalue weighted by Gasteiger charge is -2.34. The van der Waals surface area contributed by atoms with Crippen molar-refractivity contribution in [1.82, 2.24) is 14.8 Å². The fourth-order valence-corrected chi connectivity index (χ4v) is 3.63. The fraction of sp³-hybridized carbons (Fsp3) is 0.632. The predicted molar refractivity (Wildman–Crippen MR) is 99.3 cm³/mol. The number of piperidine rings is 1. The standard InChI is InChI=1S/C19H28N4O3/c1-3-26-19(25)22-9-7-21(8-10-22)18(24)16-11-17(13-20-12-16)23-6-4-5-15(2)14-23/h11-13,15H,3-10,14H2,1-2H3. The van der Waals surface area contributed by atoms with Crippen molar-refractivity contribution < 1.29 is 14.3 Å². The van der Waals surface area contributed by atoms with E-state index in [2.05, 4.69) is 16.8 Å². The molecule has 1 atom stereocenters. The molecule has 0 spiro atoms. The quantitative estimate of drug-likeness (QED) is 0.827. The third-order valence-electron chi connectivity index (χ3n) is 5.09. The van der Waals surface area contributed by atoms with Crippen LogP contribution in [0.2, 0.25) is 0 Å². The monoisotopic (exact) mass is 360 g/mol. The average Bonchev–Trinajstić information content (AvgIpc) is 2.68. The van der Waals surface area contributed by atoms with Gasteiger partial charge in [0, 0.05) is 45.5 Å². The van der Waals surface area contributed by atoms with E-state index in [9.17, 15) is 9.59 Å². The van der Waals surface area contributed by atoms with Gasteiger partial charge in [0.2, 0.25) is 0 Å². The number of piperazine rings is 1. The number of anilines is 1. The van der Waals surface area contributed by atoms with E-state index in [-0.39, 0.29) is 12.0 Å². The molecule has 3 rings (SSSR count). The van der Waals surface area contributed by atoms with E-state index in [1.54, 1.807) is 22.9 Å². The van der Waals surface area contributed by atoms with Crippen molar-refractivity contribution in [2.24, 2.45) is 5.92 Å². The molecule has 0 bridgehead atoms. The van der Waals surface area contributed by atoms with Crippen LogP contribution in [0.15, 0.2) is 18.5 Å². The number of ether oxygens (including phenoxy) is 1. The van der Waals surface area contributed by atoms with Gasteiger partial charge in [0.1, 0.15) is 0 Å². The molecule has 0 radical (unpaired) electrons. The van der Waals surface area contributed by atoms with Crippen LogP contribution in [0.5, 0.6) is 0 Å². The van der Waals surface area contributed by atoms with Crippen molar-refractivity contribution in [3.63, 3.8) is 0 Å². The number of hydrogen-bond acceptors (Lipinski definition) is 5. The molecule has 2 aliphatic rings. The number of pyridine rings is 1. The largest absolute Gasteiger partial charge is 0.450 e. The molecule has 1 unspecified atom stereocenters. The molecular weight excluding hydrogens is 332 g/mol. The van der Waals surface area contributed by atoms with Gasteiger partial charge >= 0.3 is 6.09 Å². The van der Waals surface area contributed by atoms with Gasteiger partial charge in [-0.15, -0.1) is 0 Å². The van der Waals surface area contributed by atoms with Crippen LogP contribution in [-0.2, 0) is 4.74 Å². The van der Waals surface area contributed by atoms with E-state index in [1.807, 2.05) is 12.3 Å². The first kappa shape index (κ1) is 18.5. The minimum Gasteiger partial charge on any atom is -0.450 e. The minimum absolute atomic E-state index is 0.0204. The Hall–Kier alpha value is -2.31. The Labute approximate surface area is 154 Å². The molecule has 0 aromatic carbocycles. The number of carbonyl (C=O) groups is 2. The minimum atomic E-state index is -0.303. The Morgan fingerprint density at radius 1 is 1.15 bits per heavy atom. The molecule has 0 aliphatic carbocycles. The third-order valence-corrected chi connectivity index (χ3v) is 5.09. The molecule has 0 N–H and O–H groups in total. The first-order chi connectivity index (χ1) is 12.6. The summed E-state index contributed by atoms with van der Waals surface area (Å²) in [5.41, 5.74) is 1.64. The summed E-state index contributed by atoms with van der Waals surface area (Å²) in [6.07, 6.45) is 5.61. The maximum atomic E-state index is 12.8. The Bertz CT molecular complexity index is 643. The molecule has 26 heavy (non-hydrogen) atoms. The molecule has 2 aliphatic heterocycles. The number of rotatable bonds is 3. The second kappa shape index (κ2) is 8.38. The summed E-state index contributed by atoms with van der Waals surface area (Å²) in [7, 11) is 0. The van der Waals surface area contributed by atoms with E-state index in [0.29, 0.717) is 44.3 Å². The van der Waals surface area contributed by atoms with Crippen molar-refractivity contribution in [2.45, 2.75) is 26.7 Å². The number of carbonyl (C=O) groups excluding carboxylic acids is 2. The van der Waals surface area contributed by atoms with Crippen LogP contribution in [0.4, 0.5) is 10.5 Å². The van der Waals surface area contributed by atoms with E-state index in [0.717, 1.165) is 18.8 Å². The molecule has 2 amide bonds. The number of aromatic nitrogens is 1. The molecule has 2 fully saturated rings. The maximum absolute atomic E-state index is 12.8. The van der Waals surface area contributed by atoms with Gasteiger partial charge in [0.25, 0.3) is 5.91 Å². The number of amides is 2. The SMILES string of the molecule is CCOC(=O)N1CCN(C(=O)c2cncc(N3CCCC(C)C3)c2)CC1. The Morgan fingerprint density at radius 2 is 1.88 bits per heavy atom. The molecule has 0 saturated carbocycles. The van der Waals surface area contributed by atoms with Crippen LogP contribution >= 0.6 is 0 Å². The lowest BCUT2D eigenvalue weighted by molar-refractivity contribution is 0.0570. The van der Waals surface area contributed by atoms with E-state index < -0.39 is 0 Å². The summed E-state index contributed by atoms with van der Waals surface area (Å²) < 4.78 is 5.02. The first-order valence-corrected chi connectivity index (χ1v) is 9.49. The molecule has 7 heteroatoms. The third kappa shape index (κ3) is 4.26. The Kier molecular flexibility index (Phi) is 5.96. The lowest BCUT2D eigenvalue weighted by atomic mass is 10.00. The van der Waals surface area contributed by atoms with Crippen molar-refractivity contribution in [2.75, 3.05) is 50.8 Å². The summed E-state index contributed by atoms with van der Waals surface area (Å²) in [5.74, 6) is 0.645. The summed E-state index contributed by atoms with van der Waals surface area (Å²) >= 11 is 0. The van der Waals surface area contributed by atoms with Crippen molar-refractivity contribution in [3.8, 4) is 0 Å². The molecular formula is C19H28N4O3. The zero-order chi connectivity index (χ0) is 18.5. The zero-order valence-electron chi connectivity index (χ0n) is 15.7. The topological polar surface area (TPSA) is 66.0 Å². The predicted octanol–water partition coefficient (Wildman–Crippen LogP) is 2.23. The molecule has 1 aromatic heterocycles. The normalized spacial score (nSPS) is 20.8. The second-order valence-corrected chi connectivity index (χ2v) is 7.10. The van der Waals surface area contributed by atoms with Gasteiger partial charge < -0.3 is 19.4 Å². The average molecular weight is 360 g/mol. The smallest absolute Gasteiger partial charge is 0.409 e. The van der Waals surface area contributed by atoms with Gasteiger partial charge in [-0.2, -0.15) is 0 Å². The van der Waals surface area contributed by atoms with E-state index >= 15 is 0 Å². The van der Waals surface area contributed by atoms with E-state index in [4.69, 9.17) is 4.74 Å². The Balaban J connectivity index is 1.62. The highest BCUT2D eigenvalue weighted by Crippen LogP contribution is 2.23. The van der Waals surface area contributed by atoms with Crippen LogP contribution in [0.1, 0.15) is 37.0 Å². The highest BCUT2D eigenvalue weighted by atomic mass is 16.6. The van der Waals surface area contributed by atoms with Crippen molar-refractivity contribution in [3.05, 3.63) is 24.0 Å².